The Morgan fingerprint density at radius 2 is 0.949 bits per heavy atom. The lowest BCUT2D eigenvalue weighted by atomic mass is 9.98. The van der Waals surface area contributed by atoms with Crippen LogP contribution in [0.15, 0.2) is 217 Å². The van der Waals surface area contributed by atoms with Crippen molar-refractivity contribution in [1.82, 2.24) is 0 Å². The molecule has 0 aliphatic carbocycles. The second-order valence-electron chi connectivity index (χ2n) is 15.3. The van der Waals surface area contributed by atoms with Crippen LogP contribution in [0.5, 0.6) is 0 Å². The van der Waals surface area contributed by atoms with Crippen molar-refractivity contribution in [3.63, 3.8) is 0 Å². The molecule has 12 aromatic rings. The number of hydrogen-bond acceptors (Lipinski definition) is 3. The molecule has 3 heteroatoms. The van der Waals surface area contributed by atoms with Gasteiger partial charge in [-0.2, -0.15) is 0 Å². The van der Waals surface area contributed by atoms with Crippen molar-refractivity contribution in [3.8, 4) is 33.4 Å². The Bertz CT molecular complexity index is 3560. The van der Waals surface area contributed by atoms with Gasteiger partial charge in [-0.25, -0.2) is 0 Å². The molecule has 0 fully saturated rings. The van der Waals surface area contributed by atoms with Gasteiger partial charge in [0, 0.05) is 42.3 Å². The molecule has 0 atom stereocenters. The molecular formula is C56H35NOS. The number of hydrogen-bond donors (Lipinski definition) is 0. The summed E-state index contributed by atoms with van der Waals surface area (Å²) in [5, 5.41) is 9.60. The first kappa shape index (κ1) is 33.7. The monoisotopic (exact) mass is 769 g/mol. The van der Waals surface area contributed by atoms with E-state index < -0.39 is 0 Å². The van der Waals surface area contributed by atoms with Gasteiger partial charge in [-0.1, -0.05) is 146 Å². The first-order valence-corrected chi connectivity index (χ1v) is 20.9. The van der Waals surface area contributed by atoms with Crippen molar-refractivity contribution in [1.29, 1.82) is 0 Å². The summed E-state index contributed by atoms with van der Waals surface area (Å²) >= 11 is 1.85. The third-order valence-corrected chi connectivity index (χ3v) is 13.0. The number of benzene rings is 10. The van der Waals surface area contributed by atoms with Crippen LogP contribution in [0, 0.1) is 0 Å². The summed E-state index contributed by atoms with van der Waals surface area (Å²) in [6, 6.07) is 77.0. The summed E-state index contributed by atoms with van der Waals surface area (Å²) in [6.07, 6.45) is 0. The fourth-order valence-corrected chi connectivity index (χ4v) is 9.99. The van der Waals surface area contributed by atoms with Crippen LogP contribution in [0.25, 0.3) is 97.0 Å². The molecule has 0 saturated heterocycles. The molecule has 2 nitrogen and oxygen atoms in total. The molecule has 0 N–H and O–H groups in total. The van der Waals surface area contributed by atoms with Gasteiger partial charge in [0.1, 0.15) is 11.2 Å². The minimum atomic E-state index is 0.868. The van der Waals surface area contributed by atoms with Crippen molar-refractivity contribution in [2.75, 3.05) is 4.90 Å². The largest absolute Gasteiger partial charge is 0.455 e. The standard InChI is InChI=1S/C56H35NOS/c1-2-11-41-33-43(24-23-36(41)9-1)39-21-19-37(20-22-39)38-25-29-45(30-26-38)57(51-16-8-17-52-55(51)49-31-27-40-10-3-4-14-47(40)56(49)58-52)46-13-7-12-42(34-46)44-28-32-54-50(35-44)48-15-5-6-18-53(48)59-54/h1-35H. The van der Waals surface area contributed by atoms with Gasteiger partial charge in [-0.3, -0.25) is 0 Å². The van der Waals surface area contributed by atoms with E-state index in [1.807, 2.05) is 11.3 Å². The van der Waals surface area contributed by atoms with E-state index in [1.54, 1.807) is 0 Å². The second kappa shape index (κ2) is 13.6. The summed E-state index contributed by atoms with van der Waals surface area (Å²) in [4.78, 5) is 2.39. The molecule has 0 amide bonds. The van der Waals surface area contributed by atoms with Gasteiger partial charge < -0.3 is 9.32 Å². The van der Waals surface area contributed by atoms with E-state index in [-0.39, 0.29) is 0 Å². The van der Waals surface area contributed by atoms with Crippen LogP contribution >= 0.6 is 11.3 Å². The van der Waals surface area contributed by atoms with E-state index in [2.05, 4.69) is 217 Å². The highest BCUT2D eigenvalue weighted by Crippen LogP contribution is 2.46. The summed E-state index contributed by atoms with van der Waals surface area (Å²) in [7, 11) is 0. The maximum atomic E-state index is 6.70. The summed E-state index contributed by atoms with van der Waals surface area (Å²) in [5.41, 5.74) is 12.2. The number of anilines is 3. The van der Waals surface area contributed by atoms with E-state index in [0.717, 1.165) is 44.4 Å². The third-order valence-electron chi connectivity index (χ3n) is 11.8. The third kappa shape index (κ3) is 5.70. The predicted molar refractivity (Wildman–Crippen MR) is 253 cm³/mol. The second-order valence-corrected chi connectivity index (χ2v) is 16.4. The van der Waals surface area contributed by atoms with Gasteiger partial charge in [0.2, 0.25) is 0 Å². The van der Waals surface area contributed by atoms with Gasteiger partial charge in [-0.05, 0) is 116 Å². The van der Waals surface area contributed by atoms with Crippen LogP contribution in [-0.4, -0.2) is 0 Å². The minimum absolute atomic E-state index is 0.868. The van der Waals surface area contributed by atoms with E-state index in [1.165, 1.54) is 69.7 Å². The SMILES string of the molecule is c1cc(-c2ccc3sc4ccccc4c3c2)cc(N(c2ccc(-c3ccc(-c4ccc5ccccc5c4)cc3)cc2)c2cccc3oc4c5ccccc5ccc4c23)c1. The molecule has 276 valence electrons. The molecule has 0 unspecified atom stereocenters. The minimum Gasteiger partial charge on any atom is -0.455 e. The molecule has 0 aliphatic rings. The number of fused-ring (bicyclic) bond motifs is 9. The zero-order chi connectivity index (χ0) is 38.9. The van der Waals surface area contributed by atoms with Crippen molar-refractivity contribution in [2.45, 2.75) is 0 Å². The quantitative estimate of drug-likeness (QED) is 0.167. The van der Waals surface area contributed by atoms with Crippen LogP contribution in [-0.2, 0) is 0 Å². The molecular weight excluding hydrogens is 735 g/mol. The lowest BCUT2D eigenvalue weighted by Crippen LogP contribution is -2.10. The molecule has 0 saturated carbocycles. The van der Waals surface area contributed by atoms with Gasteiger partial charge in [0.05, 0.1) is 11.1 Å². The normalized spacial score (nSPS) is 11.7. The first-order valence-electron chi connectivity index (χ1n) is 20.1. The summed E-state index contributed by atoms with van der Waals surface area (Å²) < 4.78 is 9.33. The molecule has 2 heterocycles. The Labute approximate surface area is 345 Å². The maximum Gasteiger partial charge on any atom is 0.143 e. The predicted octanol–water partition coefficient (Wildman–Crippen LogP) is 16.7. The summed E-state index contributed by atoms with van der Waals surface area (Å²) in [5.74, 6) is 0. The fourth-order valence-electron chi connectivity index (χ4n) is 8.91. The van der Waals surface area contributed by atoms with Crippen LogP contribution in [0.4, 0.5) is 17.1 Å². The zero-order valence-corrected chi connectivity index (χ0v) is 32.8. The number of nitrogens with zero attached hydrogens (tertiary/aromatic N) is 1. The Balaban J connectivity index is 0.980. The molecule has 0 bridgehead atoms. The molecule has 0 radical (unpaired) electrons. The smallest absolute Gasteiger partial charge is 0.143 e. The van der Waals surface area contributed by atoms with Gasteiger partial charge >= 0.3 is 0 Å². The molecule has 0 spiro atoms. The van der Waals surface area contributed by atoms with Gasteiger partial charge in [0.15, 0.2) is 0 Å². The highest BCUT2D eigenvalue weighted by Gasteiger charge is 2.21. The van der Waals surface area contributed by atoms with Crippen LogP contribution in [0.2, 0.25) is 0 Å². The van der Waals surface area contributed by atoms with Crippen molar-refractivity contribution >= 4 is 92.1 Å². The molecule has 0 aliphatic heterocycles. The van der Waals surface area contributed by atoms with E-state index in [9.17, 15) is 0 Å². The van der Waals surface area contributed by atoms with E-state index >= 15 is 0 Å². The Morgan fingerprint density at radius 3 is 1.80 bits per heavy atom. The van der Waals surface area contributed by atoms with E-state index in [4.69, 9.17) is 4.42 Å². The van der Waals surface area contributed by atoms with E-state index in [0.29, 0.717) is 0 Å². The average Bonchev–Trinajstić information content (AvgIpc) is 3.88. The number of rotatable bonds is 6. The zero-order valence-electron chi connectivity index (χ0n) is 32.0. The molecule has 10 aromatic carbocycles. The van der Waals surface area contributed by atoms with Gasteiger partial charge in [0.25, 0.3) is 0 Å². The van der Waals surface area contributed by atoms with Crippen molar-refractivity contribution in [3.05, 3.63) is 212 Å². The Kier molecular flexibility index (Phi) is 7.75. The van der Waals surface area contributed by atoms with Crippen molar-refractivity contribution in [2.24, 2.45) is 0 Å². The van der Waals surface area contributed by atoms with Crippen LogP contribution in [0.3, 0.4) is 0 Å². The van der Waals surface area contributed by atoms with Crippen LogP contribution < -0.4 is 4.90 Å². The van der Waals surface area contributed by atoms with Gasteiger partial charge in [-0.15, -0.1) is 11.3 Å². The molecule has 2 aromatic heterocycles. The maximum absolute atomic E-state index is 6.70. The molecule has 59 heavy (non-hydrogen) atoms. The topological polar surface area (TPSA) is 16.4 Å². The average molecular weight is 770 g/mol. The van der Waals surface area contributed by atoms with Crippen LogP contribution in [0.1, 0.15) is 0 Å². The van der Waals surface area contributed by atoms with Crippen molar-refractivity contribution < 1.29 is 4.42 Å². The lowest BCUT2D eigenvalue weighted by molar-refractivity contribution is 0.672. The lowest BCUT2D eigenvalue weighted by Gasteiger charge is -2.27. The Morgan fingerprint density at radius 1 is 0.339 bits per heavy atom. The Hall–Kier alpha value is -7.46. The highest BCUT2D eigenvalue weighted by atomic mass is 32.1. The number of furan rings is 1. The fraction of sp³-hybridized carbons (Fsp3) is 0. The summed E-state index contributed by atoms with van der Waals surface area (Å²) in [6.45, 7) is 0. The highest BCUT2D eigenvalue weighted by molar-refractivity contribution is 7.25. The first-order chi connectivity index (χ1) is 29.2. The molecule has 12 rings (SSSR count). The number of thiophene rings is 1.